The van der Waals surface area contributed by atoms with Crippen molar-refractivity contribution in [1.29, 1.82) is 5.41 Å². The zero-order valence-corrected chi connectivity index (χ0v) is 22.3. The Labute approximate surface area is 217 Å². The molecule has 36 heavy (non-hydrogen) atoms. The molecule has 4 aromatic rings. The number of esters is 1. The lowest BCUT2D eigenvalue weighted by Gasteiger charge is -2.14. The first kappa shape index (κ1) is 24.3. The molecule has 0 radical (unpaired) electrons. The lowest BCUT2D eigenvalue weighted by molar-refractivity contribution is 0.0600. The number of nitrogens with zero attached hydrogens (tertiary/aromatic N) is 4. The molecule has 1 saturated carbocycles. The summed E-state index contributed by atoms with van der Waals surface area (Å²) in [6.07, 6.45) is 3.68. The summed E-state index contributed by atoms with van der Waals surface area (Å²) in [5.74, 6) is 0.686. The molecule has 1 aliphatic rings. The van der Waals surface area contributed by atoms with Crippen LogP contribution < -0.4 is 10.4 Å². The monoisotopic (exact) mass is 552 g/mol. The Balaban J connectivity index is 1.27. The van der Waals surface area contributed by atoms with E-state index in [2.05, 4.69) is 48.6 Å². The molecule has 5 rings (SSSR count). The van der Waals surface area contributed by atoms with Gasteiger partial charge in [-0.05, 0) is 61.4 Å². The number of aromatic nitrogens is 5. The number of aromatic amines is 1. The van der Waals surface area contributed by atoms with Gasteiger partial charge in [0.05, 0.1) is 47.8 Å². The Morgan fingerprint density at radius 2 is 2.14 bits per heavy atom. The van der Waals surface area contributed by atoms with Crippen LogP contribution in [0.15, 0.2) is 41.0 Å². The number of carbonyl (C=O) groups excluding carboxylic acids is 1. The van der Waals surface area contributed by atoms with Gasteiger partial charge in [0, 0.05) is 23.8 Å². The topological polar surface area (TPSA) is 111 Å². The minimum atomic E-state index is -0.405. The number of H-pyrrole nitrogens is 1. The van der Waals surface area contributed by atoms with Gasteiger partial charge in [0.1, 0.15) is 0 Å². The Kier molecular flexibility index (Phi) is 6.23. The number of imidazole rings is 1. The van der Waals surface area contributed by atoms with E-state index in [0.717, 1.165) is 40.5 Å². The van der Waals surface area contributed by atoms with Crippen molar-refractivity contribution in [3.8, 4) is 17.1 Å². The van der Waals surface area contributed by atoms with Crippen LogP contribution in [0.3, 0.4) is 0 Å². The van der Waals surface area contributed by atoms with E-state index in [1.54, 1.807) is 23.0 Å². The van der Waals surface area contributed by atoms with Gasteiger partial charge in [-0.3, -0.25) is 10.4 Å². The third kappa shape index (κ3) is 4.57. The van der Waals surface area contributed by atoms with Crippen LogP contribution in [0, 0.1) is 23.7 Å². The number of rotatable bonds is 8. The van der Waals surface area contributed by atoms with Gasteiger partial charge < -0.3 is 19.0 Å². The summed E-state index contributed by atoms with van der Waals surface area (Å²) in [6.45, 7) is 5.46. The number of hydrogen-bond acceptors (Lipinski definition) is 6. The summed E-state index contributed by atoms with van der Waals surface area (Å²) in [7, 11) is 3.20. The average Bonchev–Trinajstić information content (AvgIpc) is 3.16. The van der Waals surface area contributed by atoms with Crippen molar-refractivity contribution in [3.05, 3.63) is 57.9 Å². The molecule has 0 spiro atoms. The SMILES string of the molecule is COC(=O)c1cc(C)nc(-c2cnn(C)c2OCC[C@]2(C)C[C@H]2Cn2c(=N)[nH]c3ccc(Br)cc32)c1. The molecule has 0 aliphatic heterocycles. The van der Waals surface area contributed by atoms with E-state index in [9.17, 15) is 4.79 Å². The number of pyridine rings is 1. The zero-order chi connectivity index (χ0) is 25.6. The second-order valence-corrected chi connectivity index (χ2v) is 10.7. The highest BCUT2D eigenvalue weighted by atomic mass is 79.9. The molecule has 188 valence electrons. The minimum Gasteiger partial charge on any atom is -0.477 e. The van der Waals surface area contributed by atoms with E-state index in [0.29, 0.717) is 41.0 Å². The fourth-order valence-electron chi connectivity index (χ4n) is 4.85. The normalized spacial score (nSPS) is 19.0. The lowest BCUT2D eigenvalue weighted by Crippen LogP contribution is -2.20. The summed E-state index contributed by atoms with van der Waals surface area (Å²) in [4.78, 5) is 19.8. The molecule has 0 saturated heterocycles. The molecule has 0 unspecified atom stereocenters. The van der Waals surface area contributed by atoms with Crippen LogP contribution in [0.1, 0.15) is 35.8 Å². The predicted molar refractivity (Wildman–Crippen MR) is 139 cm³/mol. The van der Waals surface area contributed by atoms with Crippen LogP contribution in [0.4, 0.5) is 0 Å². The smallest absolute Gasteiger partial charge is 0.337 e. The third-order valence-corrected chi connectivity index (χ3v) is 7.65. The van der Waals surface area contributed by atoms with Crippen LogP contribution in [-0.2, 0) is 18.3 Å². The first-order valence-corrected chi connectivity index (χ1v) is 12.6. The van der Waals surface area contributed by atoms with Crippen LogP contribution in [-0.4, -0.2) is 44.0 Å². The number of nitrogens with one attached hydrogen (secondary N) is 2. The standard InChI is InChI=1S/C26H29BrN6O3/c1-15-9-16(24(34)35-4)10-21(30-15)19-13-29-32(3)23(19)36-8-7-26(2)12-17(26)14-33-22-11-18(27)5-6-20(22)31-25(33)28/h5-6,9-11,13,17H,7-8,12,14H2,1-4H3,(H2,28,31)/t17-,26+/m0/s1. The Hall–Kier alpha value is -3.40. The largest absolute Gasteiger partial charge is 0.477 e. The number of aryl methyl sites for hydroxylation is 2. The Morgan fingerprint density at radius 3 is 2.92 bits per heavy atom. The summed E-state index contributed by atoms with van der Waals surface area (Å²) >= 11 is 3.54. The Bertz CT molecular complexity index is 1520. The molecule has 2 N–H and O–H groups in total. The lowest BCUT2D eigenvalue weighted by atomic mass is 10.0. The van der Waals surface area contributed by atoms with Crippen molar-refractivity contribution in [2.75, 3.05) is 13.7 Å². The maximum atomic E-state index is 12.1. The van der Waals surface area contributed by atoms with E-state index in [1.807, 2.05) is 26.1 Å². The highest BCUT2D eigenvalue weighted by molar-refractivity contribution is 9.10. The maximum absolute atomic E-state index is 12.1. The molecule has 10 heteroatoms. The number of benzene rings is 1. The zero-order valence-electron chi connectivity index (χ0n) is 20.8. The number of hydrogen-bond donors (Lipinski definition) is 2. The number of methoxy groups -OCH3 is 1. The molecule has 1 aliphatic carbocycles. The number of fused-ring (bicyclic) bond motifs is 1. The van der Waals surface area contributed by atoms with Gasteiger partial charge in [-0.25, -0.2) is 9.48 Å². The molecule has 1 fully saturated rings. The van der Waals surface area contributed by atoms with Crippen LogP contribution in [0.2, 0.25) is 0 Å². The van der Waals surface area contributed by atoms with Crippen molar-refractivity contribution in [1.82, 2.24) is 24.3 Å². The molecule has 3 aromatic heterocycles. The van der Waals surface area contributed by atoms with Crippen LogP contribution >= 0.6 is 15.9 Å². The van der Waals surface area contributed by atoms with Gasteiger partial charge in [0.25, 0.3) is 0 Å². The Morgan fingerprint density at radius 1 is 1.33 bits per heavy atom. The first-order chi connectivity index (χ1) is 17.2. The van der Waals surface area contributed by atoms with Crippen molar-refractivity contribution in [3.63, 3.8) is 0 Å². The molecule has 2 atom stereocenters. The van der Waals surface area contributed by atoms with Crippen molar-refractivity contribution >= 4 is 32.9 Å². The van der Waals surface area contributed by atoms with Gasteiger partial charge in [0.2, 0.25) is 5.88 Å². The highest BCUT2D eigenvalue weighted by Crippen LogP contribution is 2.55. The summed E-state index contributed by atoms with van der Waals surface area (Å²) in [6, 6.07) is 9.44. The minimum absolute atomic E-state index is 0.146. The third-order valence-electron chi connectivity index (χ3n) is 7.16. The molecule has 0 amide bonds. The van der Waals surface area contributed by atoms with Crippen LogP contribution in [0.5, 0.6) is 5.88 Å². The molecular formula is C26H29BrN6O3. The average molecular weight is 553 g/mol. The fraction of sp³-hybridized carbons (Fsp3) is 0.385. The summed E-state index contributed by atoms with van der Waals surface area (Å²) < 4.78 is 15.8. The summed E-state index contributed by atoms with van der Waals surface area (Å²) in [5.41, 5.74) is 5.10. The van der Waals surface area contributed by atoms with Crippen LogP contribution in [0.25, 0.3) is 22.3 Å². The maximum Gasteiger partial charge on any atom is 0.337 e. The number of ether oxygens (including phenoxy) is 2. The van der Waals surface area contributed by atoms with Crippen molar-refractivity contribution in [2.45, 2.75) is 33.2 Å². The van der Waals surface area contributed by atoms with Gasteiger partial charge in [0.15, 0.2) is 5.62 Å². The van der Waals surface area contributed by atoms with Gasteiger partial charge >= 0.3 is 5.97 Å². The van der Waals surface area contributed by atoms with E-state index in [1.165, 1.54) is 7.11 Å². The van der Waals surface area contributed by atoms with Gasteiger partial charge in [-0.2, -0.15) is 5.10 Å². The van der Waals surface area contributed by atoms with Crippen molar-refractivity contribution < 1.29 is 14.3 Å². The molecule has 1 aromatic carbocycles. The van der Waals surface area contributed by atoms with E-state index >= 15 is 0 Å². The highest BCUT2D eigenvalue weighted by Gasteiger charge is 2.49. The molecule has 9 nitrogen and oxygen atoms in total. The van der Waals surface area contributed by atoms with Gasteiger partial charge in [-0.1, -0.05) is 22.9 Å². The van der Waals surface area contributed by atoms with E-state index in [4.69, 9.17) is 14.9 Å². The molecule has 3 heterocycles. The summed E-state index contributed by atoms with van der Waals surface area (Å²) in [5, 5.41) is 12.7. The molecule has 0 bridgehead atoms. The quantitative estimate of drug-likeness (QED) is 0.310. The second kappa shape index (κ2) is 9.24. The fourth-order valence-corrected chi connectivity index (χ4v) is 5.20. The van der Waals surface area contributed by atoms with Crippen molar-refractivity contribution in [2.24, 2.45) is 18.4 Å². The van der Waals surface area contributed by atoms with E-state index < -0.39 is 5.97 Å². The number of halogens is 1. The first-order valence-electron chi connectivity index (χ1n) is 11.8. The van der Waals surface area contributed by atoms with Gasteiger partial charge in [-0.15, -0.1) is 0 Å². The number of carbonyl (C=O) groups is 1. The van der Waals surface area contributed by atoms with E-state index in [-0.39, 0.29) is 5.41 Å². The second-order valence-electron chi connectivity index (χ2n) is 9.76. The molecular weight excluding hydrogens is 524 g/mol. The predicted octanol–water partition coefficient (Wildman–Crippen LogP) is 4.60.